The Morgan fingerprint density at radius 1 is 1.45 bits per heavy atom. The molecule has 0 saturated carbocycles. The fraction of sp³-hybridized carbons (Fsp3) is 0.500. The van der Waals surface area contributed by atoms with Crippen molar-refractivity contribution in [1.82, 2.24) is 0 Å². The molecule has 1 unspecified atom stereocenters. The summed E-state index contributed by atoms with van der Waals surface area (Å²) in [4.78, 5) is 1.05. The number of aliphatic imine (C=N–C) groups is 1. The van der Waals surface area contributed by atoms with Gasteiger partial charge in [0.15, 0.2) is 4.87 Å². The van der Waals surface area contributed by atoms with Crippen LogP contribution in [0.1, 0.15) is 6.42 Å². The highest BCUT2D eigenvalue weighted by molar-refractivity contribution is 6.33. The molecule has 0 bridgehead atoms. The van der Waals surface area contributed by atoms with Crippen molar-refractivity contribution in [2.45, 2.75) is 17.5 Å². The number of allylic oxidation sites excluding steroid dienone is 1. The molecule has 0 fully saturated rings. The molecule has 5 heteroatoms. The van der Waals surface area contributed by atoms with Crippen LogP contribution >= 0.6 is 11.6 Å². The maximum Gasteiger partial charge on any atom is 0.412 e. The van der Waals surface area contributed by atoms with Crippen LogP contribution in [-0.2, 0) is 0 Å². The Morgan fingerprint density at radius 3 is 2.36 bits per heavy atom. The van der Waals surface area contributed by atoms with Crippen LogP contribution < -0.4 is 0 Å². The Balaban J connectivity index is 2.84. The van der Waals surface area contributed by atoms with Crippen LogP contribution in [0.3, 0.4) is 0 Å². The maximum atomic E-state index is 12.1. The van der Waals surface area contributed by atoms with Crippen molar-refractivity contribution in [2.75, 3.05) is 0 Å². The molecule has 1 rings (SSSR count). The molecule has 11 heavy (non-hydrogen) atoms. The van der Waals surface area contributed by atoms with Crippen molar-refractivity contribution in [3.8, 4) is 0 Å². The molecule has 62 valence electrons. The molecular formula is C6H5ClF3N. The zero-order valence-corrected chi connectivity index (χ0v) is 6.15. The zero-order chi connectivity index (χ0) is 8.54. The minimum atomic E-state index is -4.43. The van der Waals surface area contributed by atoms with Crippen molar-refractivity contribution in [3.63, 3.8) is 0 Å². The van der Waals surface area contributed by atoms with Crippen molar-refractivity contribution < 1.29 is 13.2 Å². The maximum absolute atomic E-state index is 12.1. The van der Waals surface area contributed by atoms with Gasteiger partial charge >= 0.3 is 6.18 Å². The first kappa shape index (κ1) is 8.59. The second-order valence-electron chi connectivity index (χ2n) is 2.23. The summed E-state index contributed by atoms with van der Waals surface area (Å²) >= 11 is 5.23. The average molecular weight is 184 g/mol. The van der Waals surface area contributed by atoms with Crippen LogP contribution in [0, 0.1) is 0 Å². The standard InChI is InChI=1S/C6H5ClF3N/c7-5(6(8,9)10)2-1-3-11-4-5/h1,3-4H,2H2. The SMILES string of the molecule is FC(F)(F)C1(Cl)C=NC=CC1. The van der Waals surface area contributed by atoms with Gasteiger partial charge in [0.25, 0.3) is 0 Å². The number of halogens is 4. The third-order valence-corrected chi connectivity index (χ3v) is 1.82. The van der Waals surface area contributed by atoms with E-state index in [4.69, 9.17) is 11.6 Å². The van der Waals surface area contributed by atoms with Crippen LogP contribution in [0.4, 0.5) is 13.2 Å². The van der Waals surface area contributed by atoms with Crippen molar-refractivity contribution in [3.05, 3.63) is 12.3 Å². The lowest BCUT2D eigenvalue weighted by molar-refractivity contribution is -0.143. The molecule has 1 aliphatic heterocycles. The molecule has 0 radical (unpaired) electrons. The van der Waals surface area contributed by atoms with E-state index in [0.29, 0.717) is 6.21 Å². The molecular weight excluding hydrogens is 179 g/mol. The van der Waals surface area contributed by atoms with Gasteiger partial charge in [-0.3, -0.25) is 4.99 Å². The van der Waals surface area contributed by atoms with Gasteiger partial charge in [-0.15, -0.1) is 11.6 Å². The predicted octanol–water partition coefficient (Wildman–Crippen LogP) is 2.51. The first-order valence-electron chi connectivity index (χ1n) is 2.91. The monoisotopic (exact) mass is 183 g/mol. The predicted molar refractivity (Wildman–Crippen MR) is 36.9 cm³/mol. The quantitative estimate of drug-likeness (QED) is 0.512. The minimum Gasteiger partial charge on any atom is -0.267 e. The molecule has 0 saturated heterocycles. The largest absolute Gasteiger partial charge is 0.412 e. The number of alkyl halides is 4. The van der Waals surface area contributed by atoms with E-state index in [1.54, 1.807) is 0 Å². The Hall–Kier alpha value is -0.510. The van der Waals surface area contributed by atoms with E-state index in [2.05, 4.69) is 4.99 Å². The summed E-state index contributed by atoms with van der Waals surface area (Å²) in [6.45, 7) is 0. The van der Waals surface area contributed by atoms with Crippen LogP contribution in [0.5, 0.6) is 0 Å². The Kier molecular flexibility index (Phi) is 1.96. The van der Waals surface area contributed by atoms with Crippen LogP contribution in [0.15, 0.2) is 17.3 Å². The summed E-state index contributed by atoms with van der Waals surface area (Å²) in [5.74, 6) is 0. The van der Waals surface area contributed by atoms with Gasteiger partial charge in [0.2, 0.25) is 0 Å². The Labute approximate surface area is 66.6 Å². The Morgan fingerprint density at radius 2 is 2.09 bits per heavy atom. The first-order valence-corrected chi connectivity index (χ1v) is 3.28. The number of hydrogen-bond acceptors (Lipinski definition) is 1. The van der Waals surface area contributed by atoms with Crippen molar-refractivity contribution in [2.24, 2.45) is 4.99 Å². The molecule has 0 aromatic heterocycles. The summed E-state index contributed by atoms with van der Waals surface area (Å²) in [7, 11) is 0. The molecule has 1 heterocycles. The van der Waals surface area contributed by atoms with E-state index in [0.717, 1.165) is 0 Å². The number of rotatable bonds is 0. The summed E-state index contributed by atoms with van der Waals surface area (Å²) in [5, 5.41) is 0. The van der Waals surface area contributed by atoms with Gasteiger partial charge in [0.1, 0.15) is 0 Å². The van der Waals surface area contributed by atoms with Crippen molar-refractivity contribution in [1.29, 1.82) is 0 Å². The summed E-state index contributed by atoms with van der Waals surface area (Å²) in [6.07, 6.45) is -1.37. The van der Waals surface area contributed by atoms with Gasteiger partial charge in [-0.2, -0.15) is 13.2 Å². The smallest absolute Gasteiger partial charge is 0.267 e. The highest BCUT2D eigenvalue weighted by atomic mass is 35.5. The normalized spacial score (nSPS) is 30.9. The van der Waals surface area contributed by atoms with Gasteiger partial charge in [-0.1, -0.05) is 6.08 Å². The van der Waals surface area contributed by atoms with E-state index in [1.165, 1.54) is 12.3 Å². The summed E-state index contributed by atoms with van der Waals surface area (Å²) in [6, 6.07) is 0. The molecule has 0 aromatic carbocycles. The highest BCUT2D eigenvalue weighted by Gasteiger charge is 2.52. The fourth-order valence-corrected chi connectivity index (χ4v) is 0.833. The van der Waals surface area contributed by atoms with E-state index >= 15 is 0 Å². The molecule has 1 aliphatic rings. The first-order chi connectivity index (χ1) is 4.96. The number of hydrogen-bond donors (Lipinski definition) is 0. The van der Waals surface area contributed by atoms with Gasteiger partial charge in [-0.05, 0) is 0 Å². The van der Waals surface area contributed by atoms with Crippen molar-refractivity contribution >= 4 is 17.8 Å². The molecule has 1 atom stereocenters. The summed E-state index contributed by atoms with van der Waals surface area (Å²) in [5.41, 5.74) is 0. The van der Waals surface area contributed by atoms with Gasteiger partial charge < -0.3 is 0 Å². The lowest BCUT2D eigenvalue weighted by atomic mass is 10.0. The lowest BCUT2D eigenvalue weighted by Crippen LogP contribution is -2.41. The van der Waals surface area contributed by atoms with E-state index in [1.807, 2.05) is 0 Å². The third-order valence-electron chi connectivity index (χ3n) is 1.36. The lowest BCUT2D eigenvalue weighted by Gasteiger charge is -2.25. The molecule has 1 nitrogen and oxygen atoms in total. The van der Waals surface area contributed by atoms with E-state index in [-0.39, 0.29) is 6.42 Å². The third kappa shape index (κ3) is 1.56. The number of nitrogens with zero attached hydrogens (tertiary/aromatic N) is 1. The van der Waals surface area contributed by atoms with E-state index in [9.17, 15) is 13.2 Å². The second kappa shape index (κ2) is 2.52. The van der Waals surface area contributed by atoms with Gasteiger partial charge in [0, 0.05) is 18.8 Å². The molecule has 0 aliphatic carbocycles. The molecule has 0 amide bonds. The topological polar surface area (TPSA) is 12.4 Å². The van der Waals surface area contributed by atoms with Gasteiger partial charge in [0.05, 0.1) is 0 Å². The zero-order valence-electron chi connectivity index (χ0n) is 5.40. The van der Waals surface area contributed by atoms with Crippen LogP contribution in [0.2, 0.25) is 0 Å². The van der Waals surface area contributed by atoms with Gasteiger partial charge in [-0.25, -0.2) is 0 Å². The average Bonchev–Trinajstić information content (AvgIpc) is 1.87. The molecule has 0 N–H and O–H groups in total. The summed E-state index contributed by atoms with van der Waals surface area (Å²) < 4.78 is 36.2. The Bertz CT molecular complexity index is 208. The molecule has 0 aromatic rings. The second-order valence-corrected chi connectivity index (χ2v) is 2.90. The highest BCUT2D eigenvalue weighted by Crippen LogP contribution is 2.38. The van der Waals surface area contributed by atoms with E-state index < -0.39 is 11.1 Å². The fourth-order valence-electron chi connectivity index (χ4n) is 0.688. The molecule has 0 spiro atoms. The van der Waals surface area contributed by atoms with Crippen LogP contribution in [0.25, 0.3) is 0 Å². The minimum absolute atomic E-state index is 0.248. The van der Waals surface area contributed by atoms with Crippen LogP contribution in [-0.4, -0.2) is 17.3 Å².